The summed E-state index contributed by atoms with van der Waals surface area (Å²) in [5.74, 6) is 1.69. The molecule has 0 atom stereocenters. The van der Waals surface area contributed by atoms with Crippen LogP contribution in [0.4, 0.5) is 5.82 Å². The first-order valence-electron chi connectivity index (χ1n) is 7.97. The van der Waals surface area contributed by atoms with Crippen LogP contribution in [0.2, 0.25) is 0 Å². The minimum absolute atomic E-state index is 0.0334. The van der Waals surface area contributed by atoms with E-state index in [1.54, 1.807) is 12.6 Å². The van der Waals surface area contributed by atoms with Gasteiger partial charge in [-0.05, 0) is 31.5 Å². The van der Waals surface area contributed by atoms with Crippen molar-refractivity contribution in [2.24, 2.45) is 0 Å². The zero-order valence-electron chi connectivity index (χ0n) is 14.0. The lowest BCUT2D eigenvalue weighted by molar-refractivity contribution is 0.0992. The van der Waals surface area contributed by atoms with Crippen LogP contribution >= 0.6 is 0 Å². The molecule has 0 radical (unpaired) electrons. The second kappa shape index (κ2) is 7.46. The summed E-state index contributed by atoms with van der Waals surface area (Å²) in [7, 11) is 0. The van der Waals surface area contributed by atoms with Crippen molar-refractivity contribution in [1.29, 1.82) is 0 Å². The second-order valence-electron chi connectivity index (χ2n) is 5.56. The molecule has 3 heterocycles. The van der Waals surface area contributed by atoms with Gasteiger partial charge >= 0.3 is 0 Å². The third kappa shape index (κ3) is 3.27. The highest BCUT2D eigenvalue weighted by Gasteiger charge is 2.17. The summed E-state index contributed by atoms with van der Waals surface area (Å²) >= 11 is 0. The van der Waals surface area contributed by atoms with E-state index in [1.165, 1.54) is 0 Å². The summed E-state index contributed by atoms with van der Waals surface area (Å²) in [5.41, 5.74) is 3.17. The predicted molar refractivity (Wildman–Crippen MR) is 91.2 cm³/mol. The average Bonchev–Trinajstić information content (AvgIpc) is 3.18. The average molecular weight is 330 g/mol. The van der Waals surface area contributed by atoms with Gasteiger partial charge in [-0.1, -0.05) is 0 Å². The fourth-order valence-electron chi connectivity index (χ4n) is 2.76. The first kappa shape index (κ1) is 16.5. The molecule has 7 nitrogen and oxygen atoms in total. The molecule has 0 saturated carbocycles. The van der Waals surface area contributed by atoms with E-state index in [-0.39, 0.29) is 6.61 Å². The van der Waals surface area contributed by atoms with E-state index in [1.807, 2.05) is 12.1 Å². The van der Waals surface area contributed by atoms with Crippen LogP contribution < -0.4 is 5.32 Å². The standard InChI is InChI=1S/C17H22N4O3/c1-12-13(2)21(10-14-4-3-7-24-14)17-15(12)16(19-11-20-17)18-5-8-23-9-6-22/h3-4,7,11,22H,5-6,8-10H2,1-2H3,(H,18,19,20). The Kier molecular flexibility index (Phi) is 5.12. The summed E-state index contributed by atoms with van der Waals surface area (Å²) in [5, 5.41) is 13.0. The second-order valence-corrected chi connectivity index (χ2v) is 5.56. The molecule has 0 fully saturated rings. The molecule has 0 amide bonds. The van der Waals surface area contributed by atoms with Crippen LogP contribution in [0.3, 0.4) is 0 Å². The Labute approximate surface area is 140 Å². The maximum Gasteiger partial charge on any atom is 0.146 e. The minimum Gasteiger partial charge on any atom is -0.467 e. The molecule has 0 bridgehead atoms. The Morgan fingerprint density at radius 3 is 2.92 bits per heavy atom. The van der Waals surface area contributed by atoms with E-state index in [2.05, 4.69) is 33.7 Å². The summed E-state index contributed by atoms with van der Waals surface area (Å²) in [6, 6.07) is 3.84. The zero-order chi connectivity index (χ0) is 16.9. The SMILES string of the molecule is Cc1c(C)n(Cc2ccco2)c2ncnc(NCCOCCO)c12. The van der Waals surface area contributed by atoms with Crippen LogP contribution in [0.15, 0.2) is 29.1 Å². The van der Waals surface area contributed by atoms with E-state index in [9.17, 15) is 0 Å². The highest BCUT2D eigenvalue weighted by molar-refractivity contribution is 5.91. The molecule has 3 aromatic rings. The van der Waals surface area contributed by atoms with Crippen molar-refractivity contribution >= 4 is 16.9 Å². The number of nitrogens with one attached hydrogen (secondary N) is 1. The Hall–Kier alpha value is -2.38. The lowest BCUT2D eigenvalue weighted by Gasteiger charge is -2.08. The van der Waals surface area contributed by atoms with E-state index >= 15 is 0 Å². The summed E-state index contributed by atoms with van der Waals surface area (Å²) in [6.07, 6.45) is 3.24. The molecule has 0 spiro atoms. The molecule has 0 aliphatic carbocycles. The number of hydrogen-bond donors (Lipinski definition) is 2. The van der Waals surface area contributed by atoms with Gasteiger partial charge in [-0.3, -0.25) is 0 Å². The molecule has 0 aromatic carbocycles. The molecule has 0 saturated heterocycles. The van der Waals surface area contributed by atoms with Crippen molar-refractivity contribution in [1.82, 2.24) is 14.5 Å². The number of fused-ring (bicyclic) bond motifs is 1. The van der Waals surface area contributed by atoms with Crippen molar-refractivity contribution in [3.05, 3.63) is 41.7 Å². The third-order valence-electron chi connectivity index (χ3n) is 4.07. The number of aliphatic hydroxyl groups excluding tert-OH is 1. The van der Waals surface area contributed by atoms with Crippen LogP contribution in [-0.2, 0) is 11.3 Å². The Balaban J connectivity index is 1.86. The highest BCUT2D eigenvalue weighted by atomic mass is 16.5. The Morgan fingerprint density at radius 1 is 1.29 bits per heavy atom. The quantitative estimate of drug-likeness (QED) is 0.615. The number of ether oxygens (including phenoxy) is 1. The monoisotopic (exact) mass is 330 g/mol. The van der Waals surface area contributed by atoms with Crippen LogP contribution in [0, 0.1) is 13.8 Å². The number of anilines is 1. The van der Waals surface area contributed by atoms with Crippen molar-refractivity contribution in [3.8, 4) is 0 Å². The van der Waals surface area contributed by atoms with Crippen molar-refractivity contribution in [3.63, 3.8) is 0 Å². The number of aryl methyl sites for hydroxylation is 1. The molecular weight excluding hydrogens is 308 g/mol. The maximum absolute atomic E-state index is 8.72. The number of aliphatic hydroxyl groups is 1. The van der Waals surface area contributed by atoms with E-state index in [4.69, 9.17) is 14.3 Å². The van der Waals surface area contributed by atoms with E-state index < -0.39 is 0 Å². The molecule has 128 valence electrons. The third-order valence-corrected chi connectivity index (χ3v) is 4.07. The van der Waals surface area contributed by atoms with Gasteiger partial charge in [0.25, 0.3) is 0 Å². The molecule has 0 unspecified atom stereocenters. The van der Waals surface area contributed by atoms with Crippen molar-refractivity contribution in [2.75, 3.05) is 31.7 Å². The van der Waals surface area contributed by atoms with Crippen molar-refractivity contribution in [2.45, 2.75) is 20.4 Å². The largest absolute Gasteiger partial charge is 0.467 e. The fraction of sp³-hybridized carbons (Fsp3) is 0.412. The smallest absolute Gasteiger partial charge is 0.146 e. The number of furan rings is 1. The van der Waals surface area contributed by atoms with Gasteiger partial charge < -0.3 is 24.1 Å². The van der Waals surface area contributed by atoms with Gasteiger partial charge in [-0.2, -0.15) is 0 Å². The summed E-state index contributed by atoms with van der Waals surface area (Å²) < 4.78 is 12.9. The van der Waals surface area contributed by atoms with Gasteiger partial charge in [-0.15, -0.1) is 0 Å². The van der Waals surface area contributed by atoms with Crippen LogP contribution in [-0.4, -0.2) is 46.0 Å². The zero-order valence-corrected chi connectivity index (χ0v) is 14.0. The first-order valence-corrected chi connectivity index (χ1v) is 7.97. The van der Waals surface area contributed by atoms with Gasteiger partial charge in [0.05, 0.1) is 38.0 Å². The van der Waals surface area contributed by atoms with Gasteiger partial charge in [0.15, 0.2) is 0 Å². The van der Waals surface area contributed by atoms with Crippen LogP contribution in [0.1, 0.15) is 17.0 Å². The molecule has 3 aromatic heterocycles. The molecule has 24 heavy (non-hydrogen) atoms. The predicted octanol–water partition coefficient (Wildman–Crippen LogP) is 2.11. The van der Waals surface area contributed by atoms with Crippen molar-refractivity contribution < 1.29 is 14.3 Å². The van der Waals surface area contributed by atoms with Crippen LogP contribution in [0.25, 0.3) is 11.0 Å². The van der Waals surface area contributed by atoms with E-state index in [0.29, 0.717) is 26.3 Å². The number of rotatable bonds is 8. The molecule has 0 aliphatic heterocycles. The minimum atomic E-state index is 0.0334. The molecular formula is C17H22N4O3. The summed E-state index contributed by atoms with van der Waals surface area (Å²) in [4.78, 5) is 8.84. The maximum atomic E-state index is 8.72. The van der Waals surface area contributed by atoms with Gasteiger partial charge in [0.2, 0.25) is 0 Å². The van der Waals surface area contributed by atoms with Gasteiger partial charge in [-0.25, -0.2) is 9.97 Å². The van der Waals surface area contributed by atoms with Crippen LogP contribution in [0.5, 0.6) is 0 Å². The number of aromatic nitrogens is 3. The lowest BCUT2D eigenvalue weighted by atomic mass is 10.2. The molecule has 7 heteroatoms. The summed E-state index contributed by atoms with van der Waals surface area (Å²) in [6.45, 7) is 6.30. The van der Waals surface area contributed by atoms with Gasteiger partial charge in [0.1, 0.15) is 23.6 Å². The lowest BCUT2D eigenvalue weighted by Crippen LogP contribution is -2.12. The van der Waals surface area contributed by atoms with E-state index in [0.717, 1.165) is 33.9 Å². The number of hydrogen-bond acceptors (Lipinski definition) is 6. The topological polar surface area (TPSA) is 85.3 Å². The number of nitrogens with zero attached hydrogens (tertiary/aromatic N) is 3. The molecule has 2 N–H and O–H groups in total. The molecule has 3 rings (SSSR count). The first-order chi connectivity index (χ1) is 11.7. The highest BCUT2D eigenvalue weighted by Crippen LogP contribution is 2.29. The fourth-order valence-corrected chi connectivity index (χ4v) is 2.76. The van der Waals surface area contributed by atoms with Gasteiger partial charge in [0, 0.05) is 12.2 Å². The Bertz CT molecular complexity index is 796. The molecule has 0 aliphatic rings. The Morgan fingerprint density at radius 2 is 2.17 bits per heavy atom. The normalized spacial score (nSPS) is 11.3.